The number of ether oxygens (including phenoxy) is 2. The zero-order valence-electron chi connectivity index (χ0n) is 14.7. The van der Waals surface area contributed by atoms with Crippen LogP contribution in [0, 0.1) is 0 Å². The molecule has 2 aliphatic rings. The molecule has 0 aromatic heterocycles. The topological polar surface area (TPSA) is 93.1 Å². The van der Waals surface area contributed by atoms with Crippen molar-refractivity contribution in [2.45, 2.75) is 57.5 Å². The van der Waals surface area contributed by atoms with E-state index >= 15 is 0 Å². The van der Waals surface area contributed by atoms with Gasteiger partial charge in [0.05, 0.1) is 0 Å². The van der Waals surface area contributed by atoms with Gasteiger partial charge in [0.1, 0.15) is 17.4 Å². The molecular weight excluding hydrogens is 336 g/mol. The first-order valence-electron chi connectivity index (χ1n) is 9.12. The Bertz CT molecular complexity index is 721. The number of rotatable bonds is 8. The number of carbonyl (C=O) groups is 2. The number of unbranched alkanes of at least 4 members (excludes halogenated alkanes) is 3. The van der Waals surface area contributed by atoms with Crippen LogP contribution in [0.3, 0.4) is 0 Å². The predicted octanol–water partition coefficient (Wildman–Crippen LogP) is 3.01. The summed E-state index contributed by atoms with van der Waals surface area (Å²) in [6.07, 6.45) is 3.88. The quantitative estimate of drug-likeness (QED) is 0.547. The van der Waals surface area contributed by atoms with Gasteiger partial charge in [0.25, 0.3) is 0 Å². The molecule has 0 bridgehead atoms. The lowest BCUT2D eigenvalue weighted by Gasteiger charge is -2.18. The third-order valence-corrected chi connectivity index (χ3v) is 4.83. The van der Waals surface area contributed by atoms with Crippen molar-refractivity contribution in [2.75, 3.05) is 6.79 Å². The van der Waals surface area contributed by atoms with Crippen LogP contribution < -0.4 is 9.47 Å². The second kappa shape index (κ2) is 8.36. The van der Waals surface area contributed by atoms with Crippen LogP contribution in [0.5, 0.6) is 11.5 Å². The zero-order chi connectivity index (χ0) is 18.5. The van der Waals surface area contributed by atoms with Gasteiger partial charge >= 0.3 is 0 Å². The minimum absolute atomic E-state index is 0.113. The number of aliphatic hydroxyl groups excluding tert-OH is 2. The van der Waals surface area contributed by atoms with E-state index in [1.807, 2.05) is 18.2 Å². The van der Waals surface area contributed by atoms with Crippen molar-refractivity contribution in [2.24, 2.45) is 0 Å². The Balaban J connectivity index is 1.37. The van der Waals surface area contributed by atoms with Crippen molar-refractivity contribution in [3.05, 3.63) is 35.1 Å². The summed E-state index contributed by atoms with van der Waals surface area (Å²) in [6, 6.07) is 5.96. The number of Topliss-reactive ketones (excluding diaryl/α,β-unsaturated/α-hetero) is 2. The zero-order valence-corrected chi connectivity index (χ0v) is 14.7. The van der Waals surface area contributed by atoms with E-state index < -0.39 is 11.9 Å². The van der Waals surface area contributed by atoms with Crippen molar-refractivity contribution < 1.29 is 29.3 Å². The van der Waals surface area contributed by atoms with Gasteiger partial charge in [-0.15, -0.1) is 0 Å². The fourth-order valence-corrected chi connectivity index (χ4v) is 3.33. The molecule has 1 aliphatic heterocycles. The van der Waals surface area contributed by atoms with Crippen LogP contribution in [0.2, 0.25) is 0 Å². The van der Waals surface area contributed by atoms with Crippen molar-refractivity contribution >= 4 is 11.6 Å². The highest BCUT2D eigenvalue weighted by Gasteiger charge is 2.30. The minimum Gasteiger partial charge on any atom is -0.509 e. The van der Waals surface area contributed by atoms with Crippen LogP contribution >= 0.6 is 0 Å². The molecule has 1 aliphatic carbocycles. The summed E-state index contributed by atoms with van der Waals surface area (Å²) in [5, 5.41) is 19.4. The molecule has 0 radical (unpaired) electrons. The maximum Gasteiger partial charge on any atom is 0.231 e. The molecule has 0 saturated carbocycles. The molecule has 0 unspecified atom stereocenters. The molecule has 6 nitrogen and oxygen atoms in total. The molecule has 140 valence electrons. The summed E-state index contributed by atoms with van der Waals surface area (Å²) in [7, 11) is 0. The van der Waals surface area contributed by atoms with Crippen LogP contribution in [0.25, 0.3) is 0 Å². The van der Waals surface area contributed by atoms with E-state index in [9.17, 15) is 19.8 Å². The van der Waals surface area contributed by atoms with Crippen molar-refractivity contribution in [1.82, 2.24) is 0 Å². The lowest BCUT2D eigenvalue weighted by molar-refractivity contribution is -0.123. The van der Waals surface area contributed by atoms with E-state index in [0.29, 0.717) is 6.42 Å². The first-order valence-corrected chi connectivity index (χ1v) is 9.12. The van der Waals surface area contributed by atoms with Crippen LogP contribution in [-0.2, 0) is 16.0 Å². The average Bonchev–Trinajstić information content (AvgIpc) is 3.09. The first-order chi connectivity index (χ1) is 12.6. The molecule has 2 N–H and O–H groups in total. The van der Waals surface area contributed by atoms with Gasteiger partial charge in [-0.25, -0.2) is 0 Å². The van der Waals surface area contributed by atoms with Crippen LogP contribution in [-0.4, -0.2) is 34.7 Å². The highest BCUT2D eigenvalue weighted by Crippen LogP contribution is 2.33. The van der Waals surface area contributed by atoms with Crippen LogP contribution in [0.4, 0.5) is 0 Å². The van der Waals surface area contributed by atoms with E-state index in [1.165, 1.54) is 5.56 Å². The third kappa shape index (κ3) is 4.25. The second-order valence-corrected chi connectivity index (χ2v) is 6.76. The van der Waals surface area contributed by atoms with Crippen molar-refractivity contribution in [1.29, 1.82) is 0 Å². The summed E-state index contributed by atoms with van der Waals surface area (Å²) in [5.41, 5.74) is 1.01. The van der Waals surface area contributed by atoms with Crippen molar-refractivity contribution in [3.8, 4) is 11.5 Å². The summed E-state index contributed by atoms with van der Waals surface area (Å²) < 4.78 is 10.7. The number of benzene rings is 1. The molecule has 0 amide bonds. The van der Waals surface area contributed by atoms with Gasteiger partial charge < -0.3 is 19.7 Å². The highest BCUT2D eigenvalue weighted by molar-refractivity contribution is 6.21. The van der Waals surface area contributed by atoms with Crippen LogP contribution in [0.1, 0.15) is 50.5 Å². The second-order valence-electron chi connectivity index (χ2n) is 6.76. The molecule has 26 heavy (non-hydrogen) atoms. The van der Waals surface area contributed by atoms with Gasteiger partial charge in [-0.1, -0.05) is 18.9 Å². The van der Waals surface area contributed by atoms with Crippen molar-refractivity contribution in [3.63, 3.8) is 0 Å². The number of carbonyl (C=O) groups excluding carboxylic acids is 2. The maximum absolute atomic E-state index is 12.2. The highest BCUT2D eigenvalue weighted by atomic mass is 16.7. The smallest absolute Gasteiger partial charge is 0.231 e. The number of hydrogen-bond acceptors (Lipinski definition) is 6. The Kier molecular flexibility index (Phi) is 5.93. The molecule has 1 aromatic rings. The summed E-state index contributed by atoms with van der Waals surface area (Å²) in [6.45, 7) is 0.276. The van der Waals surface area contributed by atoms with Gasteiger partial charge in [-0.05, 0) is 43.4 Å². The minimum atomic E-state index is -1.09. The van der Waals surface area contributed by atoms with E-state index in [0.717, 1.165) is 37.2 Å². The number of allylic oxidation sites excluding steroid dienone is 1. The van der Waals surface area contributed by atoms with E-state index in [-0.39, 0.29) is 43.2 Å². The molecule has 1 heterocycles. The van der Waals surface area contributed by atoms with Gasteiger partial charge in [0.2, 0.25) is 6.79 Å². The largest absolute Gasteiger partial charge is 0.509 e. The summed E-state index contributed by atoms with van der Waals surface area (Å²) in [4.78, 5) is 23.9. The first kappa shape index (κ1) is 18.5. The monoisotopic (exact) mass is 360 g/mol. The molecule has 1 aromatic carbocycles. The Labute approximate surface area is 152 Å². The molecule has 1 atom stereocenters. The molecule has 0 spiro atoms. The fraction of sp³-hybridized carbons (Fsp3) is 0.500. The van der Waals surface area contributed by atoms with Gasteiger partial charge in [-0.2, -0.15) is 0 Å². The fourth-order valence-electron chi connectivity index (χ4n) is 3.33. The summed E-state index contributed by atoms with van der Waals surface area (Å²) in [5.74, 6) is 0.407. The molecule has 0 saturated heterocycles. The van der Waals surface area contributed by atoms with E-state index in [2.05, 4.69) is 0 Å². The van der Waals surface area contributed by atoms with Gasteiger partial charge in [0, 0.05) is 12.8 Å². The molecular formula is C20H24O6. The molecule has 3 rings (SSSR count). The third-order valence-electron chi connectivity index (χ3n) is 4.83. The number of aliphatic hydroxyl groups is 2. The number of hydrogen-bond donors (Lipinski definition) is 2. The Hall–Kier alpha value is -2.34. The standard InChI is InChI=1S/C20H24O6/c21-14(19-15(22)8-9-16(23)20(19)24)6-4-2-1-3-5-13-7-10-17-18(11-13)26-12-25-17/h7,10-11,16,23-24H,1-6,8-9,12H2/t16-/m0/s1. The predicted molar refractivity (Wildman–Crippen MR) is 94.3 cm³/mol. The van der Waals surface area contributed by atoms with Gasteiger partial charge in [0.15, 0.2) is 23.1 Å². The van der Waals surface area contributed by atoms with E-state index in [1.54, 1.807) is 0 Å². The van der Waals surface area contributed by atoms with E-state index in [4.69, 9.17) is 9.47 Å². The Morgan fingerprint density at radius 2 is 1.88 bits per heavy atom. The maximum atomic E-state index is 12.2. The van der Waals surface area contributed by atoms with Crippen LogP contribution in [0.15, 0.2) is 29.5 Å². The lowest BCUT2D eigenvalue weighted by Crippen LogP contribution is -2.27. The molecule has 6 heteroatoms. The Morgan fingerprint density at radius 1 is 1.12 bits per heavy atom. The lowest BCUT2D eigenvalue weighted by atomic mass is 9.89. The number of aryl methyl sites for hydroxylation is 1. The summed E-state index contributed by atoms with van der Waals surface area (Å²) >= 11 is 0. The molecule has 0 fully saturated rings. The number of ketones is 2. The SMILES string of the molecule is O=C(CCCCCCc1ccc2c(c1)OCO2)C1=C(O)[C@@H](O)CCC1=O. The average molecular weight is 360 g/mol. The normalized spacial score (nSPS) is 19.1. The van der Waals surface area contributed by atoms with Gasteiger partial charge in [-0.3, -0.25) is 9.59 Å². The number of fused-ring (bicyclic) bond motifs is 1. The Morgan fingerprint density at radius 3 is 2.73 bits per heavy atom.